The predicted octanol–water partition coefficient (Wildman–Crippen LogP) is 1.34. The smallest absolute Gasteiger partial charge is 0.308 e. The fraction of sp³-hybridized carbons (Fsp3) is 0.143. The van der Waals surface area contributed by atoms with Crippen LogP contribution in [0.25, 0.3) is 0 Å². The zero-order valence-corrected chi connectivity index (χ0v) is 11.4. The lowest BCUT2D eigenvalue weighted by Crippen LogP contribution is -2.31. The zero-order chi connectivity index (χ0) is 15.6. The minimum absolute atomic E-state index is 0.233. The Hall–Kier alpha value is -2.83. The van der Waals surface area contributed by atoms with Gasteiger partial charge in [-0.3, -0.25) is 9.59 Å². The molecular weight excluding hydrogens is 277 g/mol. The highest BCUT2D eigenvalue weighted by atomic mass is 19.1. The van der Waals surface area contributed by atoms with Gasteiger partial charge in [-0.15, -0.1) is 0 Å². The maximum Gasteiger partial charge on any atom is 0.356 e. The predicted molar refractivity (Wildman–Crippen MR) is 73.7 cm³/mol. The Balaban J connectivity index is 2.43. The molecule has 1 aromatic heterocycles. The monoisotopic (exact) mass is 289 g/mol. The van der Waals surface area contributed by atoms with Crippen LogP contribution in [0.2, 0.25) is 0 Å². The first-order valence-electron chi connectivity index (χ1n) is 6.06. The second-order valence-electron chi connectivity index (χ2n) is 4.44. The molecule has 108 valence electrons. The van der Waals surface area contributed by atoms with Gasteiger partial charge in [-0.25, -0.2) is 13.8 Å². The van der Waals surface area contributed by atoms with Crippen molar-refractivity contribution in [1.29, 1.82) is 0 Å². The SMILES string of the molecule is CC(=O)Nc1nc(=O)n(C(=O)c2ccc(C)cc2)cc1F. The van der Waals surface area contributed by atoms with E-state index in [-0.39, 0.29) is 5.56 Å². The number of halogens is 1. The van der Waals surface area contributed by atoms with Gasteiger partial charge in [0, 0.05) is 12.5 Å². The Morgan fingerprint density at radius 1 is 1.24 bits per heavy atom. The molecule has 0 spiro atoms. The Bertz CT molecular complexity index is 766. The average Bonchev–Trinajstić information content (AvgIpc) is 2.42. The van der Waals surface area contributed by atoms with Gasteiger partial charge in [0.2, 0.25) is 5.91 Å². The molecule has 0 atom stereocenters. The standard InChI is InChI=1S/C14H12FN3O3/c1-8-3-5-10(6-4-8)13(20)18-7-11(15)12(16-9(2)19)17-14(18)21/h3-7H,1-2H3,(H,16,17,19,21). The molecule has 0 fully saturated rings. The van der Waals surface area contributed by atoms with Crippen molar-refractivity contribution in [2.45, 2.75) is 13.8 Å². The van der Waals surface area contributed by atoms with E-state index in [2.05, 4.69) is 10.3 Å². The first kappa shape index (κ1) is 14.6. The van der Waals surface area contributed by atoms with Crippen LogP contribution in [0.1, 0.15) is 22.8 Å². The summed E-state index contributed by atoms with van der Waals surface area (Å²) in [6.07, 6.45) is 0.711. The van der Waals surface area contributed by atoms with Gasteiger partial charge in [0.15, 0.2) is 11.6 Å². The van der Waals surface area contributed by atoms with E-state index in [0.717, 1.165) is 12.5 Å². The molecule has 2 aromatic rings. The fourth-order valence-electron chi connectivity index (χ4n) is 1.67. The topological polar surface area (TPSA) is 81.1 Å². The van der Waals surface area contributed by atoms with E-state index in [1.807, 2.05) is 6.92 Å². The molecule has 0 saturated carbocycles. The molecule has 0 saturated heterocycles. The highest BCUT2D eigenvalue weighted by Gasteiger charge is 2.15. The highest BCUT2D eigenvalue weighted by molar-refractivity contribution is 5.96. The Labute approximate surface area is 119 Å². The third-order valence-electron chi connectivity index (χ3n) is 2.69. The number of amides is 1. The molecule has 1 heterocycles. The third kappa shape index (κ3) is 3.19. The molecule has 1 aromatic carbocycles. The number of nitrogens with one attached hydrogen (secondary N) is 1. The number of hydrogen-bond donors (Lipinski definition) is 1. The molecule has 7 heteroatoms. The molecule has 2 rings (SSSR count). The Morgan fingerprint density at radius 3 is 2.43 bits per heavy atom. The minimum Gasteiger partial charge on any atom is -0.308 e. The molecular formula is C14H12FN3O3. The number of aromatic nitrogens is 2. The number of nitrogens with zero attached hydrogens (tertiary/aromatic N) is 2. The number of anilines is 1. The van der Waals surface area contributed by atoms with Gasteiger partial charge in [0.1, 0.15) is 0 Å². The van der Waals surface area contributed by atoms with Gasteiger partial charge >= 0.3 is 5.69 Å². The summed E-state index contributed by atoms with van der Waals surface area (Å²) in [7, 11) is 0. The molecule has 1 N–H and O–H groups in total. The first-order valence-corrected chi connectivity index (χ1v) is 6.06. The summed E-state index contributed by atoms with van der Waals surface area (Å²) in [5.41, 5.74) is 0.214. The fourth-order valence-corrected chi connectivity index (χ4v) is 1.67. The maximum atomic E-state index is 13.7. The van der Waals surface area contributed by atoms with E-state index in [1.54, 1.807) is 12.1 Å². The summed E-state index contributed by atoms with van der Waals surface area (Å²) < 4.78 is 14.3. The molecule has 0 aliphatic rings. The van der Waals surface area contributed by atoms with Crippen molar-refractivity contribution >= 4 is 17.6 Å². The van der Waals surface area contributed by atoms with Crippen LogP contribution in [-0.2, 0) is 4.79 Å². The third-order valence-corrected chi connectivity index (χ3v) is 2.69. The number of carbonyl (C=O) groups excluding carboxylic acids is 2. The molecule has 0 radical (unpaired) electrons. The largest absolute Gasteiger partial charge is 0.356 e. The number of benzene rings is 1. The summed E-state index contributed by atoms with van der Waals surface area (Å²) in [5.74, 6) is -2.73. The van der Waals surface area contributed by atoms with Gasteiger partial charge in [-0.05, 0) is 19.1 Å². The van der Waals surface area contributed by atoms with Crippen LogP contribution in [-0.4, -0.2) is 21.4 Å². The Kier molecular flexibility index (Phi) is 3.93. The van der Waals surface area contributed by atoms with E-state index in [4.69, 9.17) is 0 Å². The summed E-state index contributed by atoms with van der Waals surface area (Å²) in [5, 5.41) is 2.08. The molecule has 0 aliphatic carbocycles. The van der Waals surface area contributed by atoms with Crippen LogP contribution in [0.3, 0.4) is 0 Å². The molecule has 6 nitrogen and oxygen atoms in total. The van der Waals surface area contributed by atoms with E-state index in [1.165, 1.54) is 12.1 Å². The molecule has 0 unspecified atom stereocenters. The van der Waals surface area contributed by atoms with Crippen molar-refractivity contribution in [3.63, 3.8) is 0 Å². The van der Waals surface area contributed by atoms with Crippen molar-refractivity contribution < 1.29 is 14.0 Å². The van der Waals surface area contributed by atoms with E-state index >= 15 is 0 Å². The van der Waals surface area contributed by atoms with Crippen LogP contribution >= 0.6 is 0 Å². The van der Waals surface area contributed by atoms with Crippen LogP contribution in [0.15, 0.2) is 35.3 Å². The van der Waals surface area contributed by atoms with E-state index < -0.39 is 29.1 Å². The van der Waals surface area contributed by atoms with Gasteiger partial charge in [0.05, 0.1) is 6.20 Å². The molecule has 0 bridgehead atoms. The van der Waals surface area contributed by atoms with Crippen molar-refractivity contribution in [3.8, 4) is 0 Å². The van der Waals surface area contributed by atoms with E-state index in [0.29, 0.717) is 10.8 Å². The Morgan fingerprint density at radius 2 is 1.86 bits per heavy atom. The van der Waals surface area contributed by atoms with Gasteiger partial charge in [-0.2, -0.15) is 4.98 Å². The maximum absolute atomic E-state index is 13.7. The normalized spacial score (nSPS) is 10.2. The number of carbonyl (C=O) groups is 2. The molecule has 21 heavy (non-hydrogen) atoms. The van der Waals surface area contributed by atoms with Gasteiger partial charge in [0.25, 0.3) is 5.91 Å². The lowest BCUT2D eigenvalue weighted by atomic mass is 10.1. The summed E-state index contributed by atoms with van der Waals surface area (Å²) in [6.45, 7) is 3.01. The number of rotatable bonds is 2. The van der Waals surface area contributed by atoms with Crippen molar-refractivity contribution in [1.82, 2.24) is 9.55 Å². The first-order chi connectivity index (χ1) is 9.88. The second kappa shape index (κ2) is 5.66. The number of hydrogen-bond acceptors (Lipinski definition) is 4. The van der Waals surface area contributed by atoms with Crippen LogP contribution in [0, 0.1) is 12.7 Å². The summed E-state index contributed by atoms with van der Waals surface area (Å²) in [6, 6.07) is 6.47. The average molecular weight is 289 g/mol. The van der Waals surface area contributed by atoms with Crippen LogP contribution in [0.4, 0.5) is 10.2 Å². The highest BCUT2D eigenvalue weighted by Crippen LogP contribution is 2.09. The minimum atomic E-state index is -0.967. The van der Waals surface area contributed by atoms with Gasteiger partial charge < -0.3 is 5.32 Å². The van der Waals surface area contributed by atoms with Crippen molar-refractivity contribution in [2.24, 2.45) is 0 Å². The van der Waals surface area contributed by atoms with Gasteiger partial charge in [-0.1, -0.05) is 17.7 Å². The number of aryl methyl sites for hydroxylation is 1. The van der Waals surface area contributed by atoms with E-state index in [9.17, 15) is 18.8 Å². The van der Waals surface area contributed by atoms with Crippen LogP contribution < -0.4 is 11.0 Å². The zero-order valence-electron chi connectivity index (χ0n) is 11.4. The molecule has 1 amide bonds. The summed E-state index contributed by atoms with van der Waals surface area (Å²) >= 11 is 0. The lowest BCUT2D eigenvalue weighted by molar-refractivity contribution is -0.114. The van der Waals surface area contributed by atoms with Crippen LogP contribution in [0.5, 0.6) is 0 Å². The second-order valence-corrected chi connectivity index (χ2v) is 4.44. The quantitative estimate of drug-likeness (QED) is 0.904. The van der Waals surface area contributed by atoms with Crippen molar-refractivity contribution in [2.75, 3.05) is 5.32 Å². The van der Waals surface area contributed by atoms with Crippen molar-refractivity contribution in [3.05, 3.63) is 57.9 Å². The molecule has 0 aliphatic heterocycles. The lowest BCUT2D eigenvalue weighted by Gasteiger charge is -2.07. The summed E-state index contributed by atoms with van der Waals surface area (Å²) in [4.78, 5) is 38.1.